The van der Waals surface area contributed by atoms with Crippen LogP contribution in [0.25, 0.3) is 0 Å². The van der Waals surface area contributed by atoms with Gasteiger partial charge in [-0.15, -0.1) is 0 Å². The second-order valence-corrected chi connectivity index (χ2v) is 11.4. The molecule has 0 saturated carbocycles. The molecule has 0 saturated heterocycles. The molecule has 0 N–H and O–H groups in total. The highest BCUT2D eigenvalue weighted by atomic mass is 19.4. The Balaban J connectivity index is 1.66. The van der Waals surface area contributed by atoms with Gasteiger partial charge >= 0.3 is 12.1 Å². The molecule has 2 aromatic carbocycles. The van der Waals surface area contributed by atoms with Gasteiger partial charge in [0.2, 0.25) is 0 Å². The zero-order chi connectivity index (χ0) is 30.0. The number of hydrogen-bond acceptors (Lipinski definition) is 4. The summed E-state index contributed by atoms with van der Waals surface area (Å²) < 4.78 is 45.8. The van der Waals surface area contributed by atoms with Crippen molar-refractivity contribution >= 4 is 17.4 Å². The maximum absolute atomic E-state index is 13.6. The Hall–Kier alpha value is -3.09. The van der Waals surface area contributed by atoms with Crippen molar-refractivity contribution < 1.29 is 27.5 Å². The molecule has 0 fully saturated rings. The number of alkyl halides is 3. The zero-order valence-electron chi connectivity index (χ0n) is 24.9. The Labute approximate surface area is 243 Å². The molecule has 0 amide bonds. The number of carbonyl (C=O) groups is 2. The van der Waals surface area contributed by atoms with E-state index in [9.17, 15) is 22.8 Å². The number of hydrogen-bond donors (Lipinski definition) is 0. The molecule has 1 aliphatic rings. The Morgan fingerprint density at radius 3 is 2.37 bits per heavy atom. The molecule has 0 spiro atoms. The van der Waals surface area contributed by atoms with Crippen molar-refractivity contribution in [3.05, 3.63) is 76.9 Å². The molecule has 224 valence electrons. The lowest BCUT2D eigenvalue weighted by molar-refractivity contribution is -0.148. The maximum atomic E-state index is 13.6. The average molecular weight is 572 g/mol. The molecule has 7 heteroatoms. The van der Waals surface area contributed by atoms with E-state index in [1.165, 1.54) is 17.7 Å². The van der Waals surface area contributed by atoms with Crippen molar-refractivity contribution in [2.24, 2.45) is 5.92 Å². The number of ketones is 1. The number of Topliss-reactive ketones (excluding diaryl/α,β-unsaturated/α-hetero) is 1. The number of esters is 1. The maximum Gasteiger partial charge on any atom is 0.416 e. The van der Waals surface area contributed by atoms with Crippen LogP contribution in [0.3, 0.4) is 0 Å². The quantitative estimate of drug-likeness (QED) is 0.189. The first-order valence-corrected chi connectivity index (χ1v) is 14.9. The van der Waals surface area contributed by atoms with Crippen LogP contribution in [0.1, 0.15) is 90.2 Å². The number of anilines is 1. The van der Waals surface area contributed by atoms with E-state index in [-0.39, 0.29) is 12.2 Å². The minimum absolute atomic E-state index is 0.0976. The predicted octanol–water partition coefficient (Wildman–Crippen LogP) is 8.73. The first-order chi connectivity index (χ1) is 19.5. The van der Waals surface area contributed by atoms with Gasteiger partial charge in [0.25, 0.3) is 0 Å². The van der Waals surface area contributed by atoms with Crippen LogP contribution >= 0.6 is 0 Å². The second kappa shape index (κ2) is 14.7. The Morgan fingerprint density at radius 1 is 0.976 bits per heavy atom. The average Bonchev–Trinajstić information content (AvgIpc) is 3.17. The van der Waals surface area contributed by atoms with Crippen LogP contribution < -0.4 is 4.90 Å². The third-order valence-electron chi connectivity index (χ3n) is 7.93. The van der Waals surface area contributed by atoms with Gasteiger partial charge in [0.05, 0.1) is 5.56 Å². The van der Waals surface area contributed by atoms with Crippen LogP contribution in [0.2, 0.25) is 0 Å². The molecule has 2 aromatic rings. The number of cyclic esters (lactones) is 1. The van der Waals surface area contributed by atoms with Crippen molar-refractivity contribution in [2.75, 3.05) is 18.0 Å². The van der Waals surface area contributed by atoms with E-state index in [1.54, 1.807) is 13.0 Å². The molecule has 0 aliphatic carbocycles. The van der Waals surface area contributed by atoms with E-state index in [0.717, 1.165) is 38.2 Å². The molecule has 2 unspecified atom stereocenters. The van der Waals surface area contributed by atoms with Gasteiger partial charge in [-0.05, 0) is 75.1 Å². The number of rotatable bonds is 16. The summed E-state index contributed by atoms with van der Waals surface area (Å²) in [6.45, 7) is 8.93. The summed E-state index contributed by atoms with van der Waals surface area (Å²) in [4.78, 5) is 28.3. The van der Waals surface area contributed by atoms with Crippen molar-refractivity contribution in [2.45, 2.75) is 97.3 Å². The second-order valence-electron chi connectivity index (χ2n) is 11.4. The molecule has 4 nitrogen and oxygen atoms in total. The molecule has 1 aliphatic heterocycles. The number of carbonyl (C=O) groups excluding carboxylic acids is 2. The van der Waals surface area contributed by atoms with Gasteiger partial charge in [-0.1, -0.05) is 70.0 Å². The first-order valence-electron chi connectivity index (χ1n) is 14.9. The molecule has 1 heterocycles. The van der Waals surface area contributed by atoms with Gasteiger partial charge in [0.15, 0.2) is 5.78 Å². The number of benzene rings is 2. The van der Waals surface area contributed by atoms with Gasteiger partial charge in [-0.2, -0.15) is 13.2 Å². The van der Waals surface area contributed by atoms with E-state index in [1.807, 2.05) is 36.9 Å². The van der Waals surface area contributed by atoms with Gasteiger partial charge in [-0.25, -0.2) is 4.79 Å². The minimum Gasteiger partial charge on any atom is -0.451 e. The molecular formula is C34H44F3NO3. The summed E-state index contributed by atoms with van der Waals surface area (Å²) in [5.74, 6) is -0.0619. The van der Waals surface area contributed by atoms with Crippen LogP contribution in [0.15, 0.2) is 65.7 Å². The molecular weight excluding hydrogens is 527 g/mol. The summed E-state index contributed by atoms with van der Waals surface area (Å²) >= 11 is 0. The summed E-state index contributed by atoms with van der Waals surface area (Å²) in [6.07, 6.45) is 1.77. The normalized spacial score (nSPS) is 18.0. The smallest absolute Gasteiger partial charge is 0.416 e. The fourth-order valence-electron chi connectivity index (χ4n) is 6.02. The molecule has 0 radical (unpaired) electrons. The summed E-state index contributed by atoms with van der Waals surface area (Å²) in [7, 11) is 0. The first kappa shape index (κ1) is 32.4. The van der Waals surface area contributed by atoms with Crippen molar-refractivity contribution in [3.8, 4) is 0 Å². The summed E-state index contributed by atoms with van der Waals surface area (Å²) in [5.41, 5.74) is 1.10. The van der Waals surface area contributed by atoms with Crippen molar-refractivity contribution in [3.63, 3.8) is 0 Å². The highest BCUT2D eigenvalue weighted by Gasteiger charge is 2.47. The van der Waals surface area contributed by atoms with E-state index in [4.69, 9.17) is 4.74 Å². The number of halogens is 3. The largest absolute Gasteiger partial charge is 0.451 e. The van der Waals surface area contributed by atoms with Gasteiger partial charge in [-0.3, -0.25) is 4.79 Å². The lowest BCUT2D eigenvalue weighted by atomic mass is 9.79. The van der Waals surface area contributed by atoms with E-state index in [2.05, 4.69) is 19.1 Å². The van der Waals surface area contributed by atoms with Gasteiger partial charge in [0.1, 0.15) is 5.60 Å². The van der Waals surface area contributed by atoms with E-state index < -0.39 is 23.3 Å². The Morgan fingerprint density at radius 2 is 1.71 bits per heavy atom. The minimum atomic E-state index is -4.41. The fourth-order valence-corrected chi connectivity index (χ4v) is 6.02. The SMILES string of the molecule is CCCN(CCCC(=O)C1=C(C)C(=O)OC1(CCC)CCCC(C)Cc1ccccc1)c1cccc(C(F)(F)F)c1. The zero-order valence-corrected chi connectivity index (χ0v) is 24.9. The lowest BCUT2D eigenvalue weighted by Crippen LogP contribution is -2.36. The topological polar surface area (TPSA) is 46.6 Å². The number of nitrogens with zero attached hydrogens (tertiary/aromatic N) is 1. The van der Waals surface area contributed by atoms with E-state index >= 15 is 0 Å². The molecule has 41 heavy (non-hydrogen) atoms. The Bertz CT molecular complexity index is 1190. The van der Waals surface area contributed by atoms with Crippen LogP contribution in [0.5, 0.6) is 0 Å². The molecule has 0 bridgehead atoms. The lowest BCUT2D eigenvalue weighted by Gasteiger charge is -2.31. The third-order valence-corrected chi connectivity index (χ3v) is 7.93. The van der Waals surface area contributed by atoms with Gasteiger partial charge in [0, 0.05) is 36.3 Å². The van der Waals surface area contributed by atoms with Gasteiger partial charge < -0.3 is 9.64 Å². The summed E-state index contributed by atoms with van der Waals surface area (Å²) in [5, 5.41) is 0. The highest BCUT2D eigenvalue weighted by molar-refractivity contribution is 6.08. The molecule has 0 aromatic heterocycles. The standard InChI is InChI=1S/C34H44F3NO3/c1-5-19-33(20-11-13-25(3)23-27-14-8-7-9-15-27)31(26(4)32(40)41-33)30(39)18-12-22-38(21-6-2)29-17-10-16-28(24-29)34(35,36)37/h7-10,14-17,24-25H,5-6,11-13,18-23H2,1-4H3. The van der Waals surface area contributed by atoms with Crippen LogP contribution in [0, 0.1) is 5.92 Å². The molecule has 3 rings (SSSR count). The van der Waals surface area contributed by atoms with Crippen molar-refractivity contribution in [1.29, 1.82) is 0 Å². The van der Waals surface area contributed by atoms with Crippen LogP contribution in [-0.2, 0) is 26.9 Å². The van der Waals surface area contributed by atoms with Crippen molar-refractivity contribution in [1.82, 2.24) is 0 Å². The van der Waals surface area contributed by atoms with E-state index in [0.29, 0.717) is 55.1 Å². The fraction of sp³-hybridized carbons (Fsp3) is 0.529. The monoisotopic (exact) mass is 571 g/mol. The third kappa shape index (κ3) is 8.70. The Kier molecular flexibility index (Phi) is 11.6. The van der Waals surface area contributed by atoms with Crippen LogP contribution in [-0.4, -0.2) is 30.4 Å². The number of ether oxygens (including phenoxy) is 1. The summed E-state index contributed by atoms with van der Waals surface area (Å²) in [6, 6.07) is 15.7. The highest BCUT2D eigenvalue weighted by Crippen LogP contribution is 2.42. The van der Waals surface area contributed by atoms with Crippen LogP contribution in [0.4, 0.5) is 18.9 Å². The molecule has 2 atom stereocenters. The predicted molar refractivity (Wildman–Crippen MR) is 158 cm³/mol.